The predicted molar refractivity (Wildman–Crippen MR) is 59.0 cm³/mol. The van der Waals surface area contributed by atoms with Gasteiger partial charge in [-0.25, -0.2) is 0 Å². The second-order valence-corrected chi connectivity index (χ2v) is 3.36. The molecule has 1 rings (SSSR count). The largest absolute Gasteiger partial charge is 0.266 e. The molecule has 0 aliphatic carbocycles. The first-order chi connectivity index (χ1) is 6.17. The zero-order valence-corrected chi connectivity index (χ0v) is 8.81. The van der Waals surface area contributed by atoms with Crippen LogP contribution in [0.5, 0.6) is 0 Å². The van der Waals surface area contributed by atoms with Gasteiger partial charge >= 0.3 is 0 Å². The lowest BCUT2D eigenvalue weighted by Gasteiger charge is -2.16. The van der Waals surface area contributed by atoms with Gasteiger partial charge in [-0.3, -0.25) is 5.01 Å². The summed E-state index contributed by atoms with van der Waals surface area (Å²) in [5, 5.41) is 6.75. The lowest BCUT2D eigenvalue weighted by atomic mass is 10.3. The van der Waals surface area contributed by atoms with Crippen LogP contribution in [0.1, 0.15) is 6.92 Å². The number of hydrogen-bond acceptors (Lipinski definition) is 2. The molecule has 1 aromatic rings. The van der Waals surface area contributed by atoms with Crippen LogP contribution >= 0.6 is 23.2 Å². The van der Waals surface area contributed by atoms with E-state index in [1.807, 2.05) is 6.92 Å². The van der Waals surface area contributed by atoms with Crippen molar-refractivity contribution in [2.24, 2.45) is 5.10 Å². The molecule has 1 aromatic carbocycles. The number of hydrazone groups is 1. The van der Waals surface area contributed by atoms with E-state index in [4.69, 9.17) is 23.2 Å². The maximum absolute atomic E-state index is 5.83. The highest BCUT2D eigenvalue weighted by Crippen LogP contribution is 2.25. The van der Waals surface area contributed by atoms with E-state index in [-0.39, 0.29) is 0 Å². The molecule has 2 nitrogen and oxygen atoms in total. The quantitative estimate of drug-likeness (QED) is 0.559. The lowest BCUT2D eigenvalue weighted by Crippen LogP contribution is -2.14. The van der Waals surface area contributed by atoms with Gasteiger partial charge in [-0.2, -0.15) is 5.10 Å². The number of rotatable bonds is 3. The number of benzene rings is 1. The van der Waals surface area contributed by atoms with Crippen LogP contribution in [0.3, 0.4) is 0 Å². The van der Waals surface area contributed by atoms with Gasteiger partial charge in [-0.05, 0) is 25.1 Å². The summed E-state index contributed by atoms with van der Waals surface area (Å²) in [5.41, 5.74) is 0.856. The molecule has 0 fully saturated rings. The molecule has 0 bridgehead atoms. The predicted octanol–water partition coefficient (Wildman–Crippen LogP) is 3.44. The summed E-state index contributed by atoms with van der Waals surface area (Å²) in [5.74, 6) is 0. The van der Waals surface area contributed by atoms with E-state index in [0.717, 1.165) is 12.2 Å². The SMILES string of the molecule is C=NN(CC)c1cc(Cl)cc(Cl)c1. The van der Waals surface area contributed by atoms with Crippen LogP contribution < -0.4 is 5.01 Å². The Balaban J connectivity index is 3.05. The smallest absolute Gasteiger partial charge is 0.0623 e. The average molecular weight is 217 g/mol. The summed E-state index contributed by atoms with van der Waals surface area (Å²) in [6.07, 6.45) is 0. The standard InChI is InChI=1S/C9H10Cl2N2/c1-3-13(12-2)9-5-7(10)4-8(11)6-9/h4-6H,2-3H2,1H3. The second kappa shape index (κ2) is 4.49. The molecule has 70 valence electrons. The number of halogens is 2. The first kappa shape index (κ1) is 10.4. The van der Waals surface area contributed by atoms with Gasteiger partial charge in [0.1, 0.15) is 0 Å². The highest BCUT2D eigenvalue weighted by Gasteiger charge is 2.03. The molecule has 0 amide bonds. The van der Waals surface area contributed by atoms with E-state index in [1.165, 1.54) is 0 Å². The first-order valence-corrected chi connectivity index (χ1v) is 4.63. The van der Waals surface area contributed by atoms with Crippen LogP contribution in [0.2, 0.25) is 10.0 Å². The molecule has 0 unspecified atom stereocenters. The van der Waals surface area contributed by atoms with Gasteiger partial charge in [0, 0.05) is 23.3 Å². The summed E-state index contributed by atoms with van der Waals surface area (Å²) in [4.78, 5) is 0. The fourth-order valence-corrected chi connectivity index (χ4v) is 1.57. The first-order valence-electron chi connectivity index (χ1n) is 3.87. The highest BCUT2D eigenvalue weighted by atomic mass is 35.5. The van der Waals surface area contributed by atoms with E-state index in [0.29, 0.717) is 10.0 Å². The lowest BCUT2D eigenvalue weighted by molar-refractivity contribution is 0.901. The molecule has 0 heterocycles. The minimum atomic E-state index is 0.601. The topological polar surface area (TPSA) is 15.6 Å². The van der Waals surface area contributed by atoms with E-state index in [2.05, 4.69) is 11.8 Å². The van der Waals surface area contributed by atoms with Crippen molar-refractivity contribution in [3.8, 4) is 0 Å². The maximum Gasteiger partial charge on any atom is 0.0623 e. The Kier molecular flexibility index (Phi) is 3.58. The van der Waals surface area contributed by atoms with Crippen LogP contribution in [-0.2, 0) is 0 Å². The van der Waals surface area contributed by atoms with Gasteiger partial charge in [-0.15, -0.1) is 0 Å². The zero-order valence-electron chi connectivity index (χ0n) is 7.30. The second-order valence-electron chi connectivity index (χ2n) is 2.48. The van der Waals surface area contributed by atoms with Crippen molar-refractivity contribution in [1.82, 2.24) is 0 Å². The van der Waals surface area contributed by atoms with Crippen molar-refractivity contribution in [3.63, 3.8) is 0 Å². The molecule has 0 radical (unpaired) electrons. The normalized spacial score (nSPS) is 9.77. The van der Waals surface area contributed by atoms with Gasteiger partial charge in [0.05, 0.1) is 5.69 Å². The van der Waals surface area contributed by atoms with Gasteiger partial charge < -0.3 is 0 Å². The summed E-state index contributed by atoms with van der Waals surface area (Å²) < 4.78 is 0. The monoisotopic (exact) mass is 216 g/mol. The van der Waals surface area contributed by atoms with Crippen LogP contribution in [0, 0.1) is 0 Å². The van der Waals surface area contributed by atoms with Gasteiger partial charge in [0.15, 0.2) is 0 Å². The molecule has 0 N–H and O–H groups in total. The Labute approximate surface area is 87.8 Å². The summed E-state index contributed by atoms with van der Waals surface area (Å²) >= 11 is 11.7. The van der Waals surface area contributed by atoms with E-state index < -0.39 is 0 Å². The molecule has 0 aromatic heterocycles. The van der Waals surface area contributed by atoms with Crippen LogP contribution in [0.15, 0.2) is 23.3 Å². The molecule has 0 saturated heterocycles. The minimum Gasteiger partial charge on any atom is -0.266 e. The van der Waals surface area contributed by atoms with Crippen molar-refractivity contribution < 1.29 is 0 Å². The number of hydrogen-bond donors (Lipinski definition) is 0. The van der Waals surface area contributed by atoms with Crippen molar-refractivity contribution in [2.45, 2.75) is 6.92 Å². The number of anilines is 1. The molecule has 0 aliphatic rings. The molecule has 0 spiro atoms. The molecule has 4 heteroatoms. The van der Waals surface area contributed by atoms with Gasteiger partial charge in [0.2, 0.25) is 0 Å². The molecule has 13 heavy (non-hydrogen) atoms. The third-order valence-electron chi connectivity index (χ3n) is 1.62. The summed E-state index contributed by atoms with van der Waals surface area (Å²) in [6, 6.07) is 5.28. The Hall–Kier alpha value is -0.730. The van der Waals surface area contributed by atoms with Crippen molar-refractivity contribution in [2.75, 3.05) is 11.6 Å². The Bertz CT molecular complexity index is 292. The van der Waals surface area contributed by atoms with E-state index in [1.54, 1.807) is 23.2 Å². The van der Waals surface area contributed by atoms with Gasteiger partial charge in [-0.1, -0.05) is 23.2 Å². The fraction of sp³-hybridized carbons (Fsp3) is 0.222. The molecular weight excluding hydrogens is 207 g/mol. The van der Waals surface area contributed by atoms with Gasteiger partial charge in [0.25, 0.3) is 0 Å². The minimum absolute atomic E-state index is 0.601. The van der Waals surface area contributed by atoms with Crippen molar-refractivity contribution >= 4 is 35.6 Å². The zero-order chi connectivity index (χ0) is 9.84. The number of nitrogens with zero attached hydrogens (tertiary/aromatic N) is 2. The van der Waals surface area contributed by atoms with Crippen LogP contribution in [0.4, 0.5) is 5.69 Å². The van der Waals surface area contributed by atoms with E-state index in [9.17, 15) is 0 Å². The molecule has 0 aliphatic heterocycles. The van der Waals surface area contributed by atoms with Crippen LogP contribution in [0.25, 0.3) is 0 Å². The fourth-order valence-electron chi connectivity index (χ4n) is 1.05. The van der Waals surface area contributed by atoms with Crippen molar-refractivity contribution in [1.29, 1.82) is 0 Å². The van der Waals surface area contributed by atoms with E-state index >= 15 is 0 Å². The molecular formula is C9H10Cl2N2. The summed E-state index contributed by atoms with van der Waals surface area (Å²) in [7, 11) is 0. The van der Waals surface area contributed by atoms with Crippen LogP contribution in [-0.4, -0.2) is 13.3 Å². The maximum atomic E-state index is 5.83. The third-order valence-corrected chi connectivity index (χ3v) is 2.05. The summed E-state index contributed by atoms with van der Waals surface area (Å²) in [6.45, 7) is 6.17. The molecule has 0 atom stereocenters. The average Bonchev–Trinajstić information content (AvgIpc) is 2.04. The highest BCUT2D eigenvalue weighted by molar-refractivity contribution is 6.35. The Morgan fingerprint density at radius 2 is 1.85 bits per heavy atom. The Morgan fingerprint density at radius 3 is 2.23 bits per heavy atom. The Morgan fingerprint density at radius 1 is 1.31 bits per heavy atom. The third kappa shape index (κ3) is 2.61. The molecule has 0 saturated carbocycles. The van der Waals surface area contributed by atoms with Crippen molar-refractivity contribution in [3.05, 3.63) is 28.2 Å².